The standard InChI is InChI=1S/C21H24ClN5O3/c1-2-14-12-27-18(20(28)23-14)16(10-13-6-3-4-8-17(13)22)19(25-27)26-9-5-7-15(11-26)24-21(29)30/h3-4,6,8,12,15,24H,2,5,7,9-11H2,1H3,(H,23,28)(H,29,30)/t15-/m1/s1. The molecule has 1 fully saturated rings. The van der Waals surface area contributed by atoms with E-state index in [2.05, 4.69) is 15.2 Å². The Balaban J connectivity index is 1.81. The molecule has 1 aliphatic heterocycles. The number of halogens is 1. The summed E-state index contributed by atoms with van der Waals surface area (Å²) in [6.45, 7) is 3.22. The Morgan fingerprint density at radius 2 is 2.20 bits per heavy atom. The molecule has 1 aliphatic rings. The van der Waals surface area contributed by atoms with Crippen molar-refractivity contribution in [2.24, 2.45) is 0 Å². The molecule has 3 aromatic rings. The van der Waals surface area contributed by atoms with E-state index < -0.39 is 6.09 Å². The number of fused-ring (bicyclic) bond motifs is 1. The van der Waals surface area contributed by atoms with Crippen molar-refractivity contribution in [3.63, 3.8) is 0 Å². The van der Waals surface area contributed by atoms with Crippen molar-refractivity contribution in [3.05, 3.63) is 62.7 Å². The first-order valence-electron chi connectivity index (χ1n) is 10.1. The number of H-pyrrole nitrogens is 1. The van der Waals surface area contributed by atoms with Crippen LogP contribution in [0.25, 0.3) is 5.52 Å². The first kappa shape index (κ1) is 20.3. The third kappa shape index (κ3) is 4.00. The second-order valence-electron chi connectivity index (χ2n) is 7.56. The Morgan fingerprint density at radius 3 is 2.93 bits per heavy atom. The average molecular weight is 430 g/mol. The normalized spacial score (nSPS) is 16.7. The number of aryl methyl sites for hydroxylation is 1. The lowest BCUT2D eigenvalue weighted by Crippen LogP contribution is -2.47. The lowest BCUT2D eigenvalue weighted by molar-refractivity contribution is 0.188. The first-order valence-corrected chi connectivity index (χ1v) is 10.4. The lowest BCUT2D eigenvalue weighted by atomic mass is 10.0. The van der Waals surface area contributed by atoms with Crippen LogP contribution in [0.1, 0.15) is 36.6 Å². The number of carbonyl (C=O) groups is 1. The van der Waals surface area contributed by atoms with Crippen molar-refractivity contribution in [1.82, 2.24) is 19.9 Å². The van der Waals surface area contributed by atoms with E-state index in [0.29, 0.717) is 35.7 Å². The molecule has 8 nitrogen and oxygen atoms in total. The molecule has 2 aromatic heterocycles. The molecule has 4 rings (SSSR count). The average Bonchev–Trinajstić information content (AvgIpc) is 3.08. The Kier molecular flexibility index (Phi) is 5.67. The number of piperidine rings is 1. The van der Waals surface area contributed by atoms with Gasteiger partial charge < -0.3 is 20.3 Å². The highest BCUT2D eigenvalue weighted by Crippen LogP contribution is 2.29. The molecule has 0 spiro atoms. The number of carboxylic acid groups (broad SMARTS) is 1. The highest BCUT2D eigenvalue weighted by Gasteiger charge is 2.27. The quantitative estimate of drug-likeness (QED) is 0.578. The van der Waals surface area contributed by atoms with Gasteiger partial charge in [0.1, 0.15) is 5.52 Å². The van der Waals surface area contributed by atoms with Crippen molar-refractivity contribution in [2.75, 3.05) is 18.0 Å². The molecule has 30 heavy (non-hydrogen) atoms. The van der Waals surface area contributed by atoms with Gasteiger partial charge in [0.05, 0.1) is 0 Å². The number of anilines is 1. The molecule has 9 heteroatoms. The SMILES string of the molecule is CCc1cn2nc(N3CCC[C@@H](NC(=O)O)C3)c(Cc3ccccc3Cl)c2c(=O)[nH]1. The largest absolute Gasteiger partial charge is 0.465 e. The van der Waals surface area contributed by atoms with Gasteiger partial charge in [-0.3, -0.25) is 4.79 Å². The number of rotatable bonds is 5. The topological polar surface area (TPSA) is 103 Å². The number of nitrogens with zero attached hydrogens (tertiary/aromatic N) is 3. The number of hydrogen-bond donors (Lipinski definition) is 3. The smallest absolute Gasteiger partial charge is 0.404 e. The summed E-state index contributed by atoms with van der Waals surface area (Å²) in [4.78, 5) is 29.0. The summed E-state index contributed by atoms with van der Waals surface area (Å²) in [6.07, 6.45) is 3.57. The van der Waals surface area contributed by atoms with E-state index in [1.54, 1.807) is 4.52 Å². The van der Waals surface area contributed by atoms with E-state index in [1.165, 1.54) is 0 Å². The zero-order chi connectivity index (χ0) is 21.3. The van der Waals surface area contributed by atoms with Gasteiger partial charge in [-0.25, -0.2) is 9.31 Å². The number of hydrogen-bond acceptors (Lipinski definition) is 4. The van der Waals surface area contributed by atoms with Crippen LogP contribution in [0.3, 0.4) is 0 Å². The molecule has 3 heterocycles. The summed E-state index contributed by atoms with van der Waals surface area (Å²) < 4.78 is 1.65. The summed E-state index contributed by atoms with van der Waals surface area (Å²) in [5.74, 6) is 0.700. The number of benzene rings is 1. The number of aromatic amines is 1. The van der Waals surface area contributed by atoms with E-state index in [4.69, 9.17) is 21.8 Å². The predicted molar refractivity (Wildman–Crippen MR) is 116 cm³/mol. The van der Waals surface area contributed by atoms with Crippen LogP contribution in [0, 0.1) is 0 Å². The van der Waals surface area contributed by atoms with Crippen LogP contribution in [0.4, 0.5) is 10.6 Å². The molecular formula is C21H24ClN5O3. The van der Waals surface area contributed by atoms with Crippen LogP contribution in [0.15, 0.2) is 35.3 Å². The van der Waals surface area contributed by atoms with Crippen LogP contribution in [-0.2, 0) is 12.8 Å². The summed E-state index contributed by atoms with van der Waals surface area (Å²) in [6, 6.07) is 7.37. The Labute approximate surface area is 178 Å². The minimum absolute atomic E-state index is 0.182. The van der Waals surface area contributed by atoms with Gasteiger partial charge in [-0.15, -0.1) is 5.10 Å². The monoisotopic (exact) mass is 429 g/mol. The van der Waals surface area contributed by atoms with Crippen LogP contribution in [0.2, 0.25) is 5.02 Å². The molecule has 1 atom stereocenters. The molecule has 0 aliphatic carbocycles. The van der Waals surface area contributed by atoms with Crippen LogP contribution < -0.4 is 15.8 Å². The third-order valence-electron chi connectivity index (χ3n) is 5.51. The molecule has 0 unspecified atom stereocenters. The Hall–Kier alpha value is -3.00. The van der Waals surface area contributed by atoms with E-state index >= 15 is 0 Å². The summed E-state index contributed by atoms with van der Waals surface area (Å²) >= 11 is 6.40. The minimum Gasteiger partial charge on any atom is -0.465 e. The summed E-state index contributed by atoms with van der Waals surface area (Å²) in [5, 5.41) is 17.1. The fourth-order valence-electron chi connectivity index (χ4n) is 4.07. The highest BCUT2D eigenvalue weighted by atomic mass is 35.5. The summed E-state index contributed by atoms with van der Waals surface area (Å²) in [5.41, 5.74) is 2.81. The van der Waals surface area contributed by atoms with Gasteiger partial charge in [0.25, 0.3) is 5.56 Å². The molecule has 1 amide bonds. The van der Waals surface area contributed by atoms with Gasteiger partial charge >= 0.3 is 6.09 Å². The molecule has 158 valence electrons. The van der Waals surface area contributed by atoms with Crippen molar-refractivity contribution >= 4 is 29.0 Å². The van der Waals surface area contributed by atoms with Crippen molar-refractivity contribution < 1.29 is 9.90 Å². The molecule has 1 saturated heterocycles. The lowest BCUT2D eigenvalue weighted by Gasteiger charge is -2.33. The van der Waals surface area contributed by atoms with Crippen LogP contribution in [0.5, 0.6) is 0 Å². The Bertz CT molecular complexity index is 1140. The van der Waals surface area contributed by atoms with Gasteiger partial charge in [0.2, 0.25) is 0 Å². The predicted octanol–water partition coefficient (Wildman–Crippen LogP) is 3.07. The van der Waals surface area contributed by atoms with E-state index in [1.807, 2.05) is 37.4 Å². The zero-order valence-corrected chi connectivity index (χ0v) is 17.4. The molecule has 0 bridgehead atoms. The van der Waals surface area contributed by atoms with Crippen molar-refractivity contribution in [3.8, 4) is 0 Å². The fourth-order valence-corrected chi connectivity index (χ4v) is 4.27. The molecule has 1 aromatic carbocycles. The fraction of sp³-hybridized carbons (Fsp3) is 0.381. The third-order valence-corrected chi connectivity index (χ3v) is 5.88. The molecular weight excluding hydrogens is 406 g/mol. The maximum atomic E-state index is 12.9. The zero-order valence-electron chi connectivity index (χ0n) is 16.7. The van der Waals surface area contributed by atoms with Gasteiger partial charge in [-0.05, 0) is 30.9 Å². The highest BCUT2D eigenvalue weighted by molar-refractivity contribution is 6.31. The number of aromatic nitrogens is 3. The van der Waals surface area contributed by atoms with Crippen molar-refractivity contribution in [2.45, 2.75) is 38.6 Å². The van der Waals surface area contributed by atoms with E-state index in [-0.39, 0.29) is 11.6 Å². The van der Waals surface area contributed by atoms with Crippen LogP contribution >= 0.6 is 11.6 Å². The number of amides is 1. The second-order valence-corrected chi connectivity index (χ2v) is 7.97. The molecule has 3 N–H and O–H groups in total. The van der Waals surface area contributed by atoms with Crippen LogP contribution in [-0.4, -0.2) is 44.9 Å². The maximum absolute atomic E-state index is 12.9. The second kappa shape index (κ2) is 8.39. The number of nitrogens with one attached hydrogen (secondary N) is 2. The van der Waals surface area contributed by atoms with E-state index in [0.717, 1.165) is 36.2 Å². The molecule has 0 saturated carbocycles. The Morgan fingerprint density at radius 1 is 1.40 bits per heavy atom. The van der Waals surface area contributed by atoms with E-state index in [9.17, 15) is 9.59 Å². The van der Waals surface area contributed by atoms with Gasteiger partial charge in [-0.2, -0.15) is 0 Å². The van der Waals surface area contributed by atoms with Gasteiger partial charge in [-0.1, -0.05) is 36.7 Å². The first-order chi connectivity index (χ1) is 14.5. The summed E-state index contributed by atoms with van der Waals surface area (Å²) in [7, 11) is 0. The van der Waals surface area contributed by atoms with Gasteiger partial charge in [0.15, 0.2) is 5.82 Å². The van der Waals surface area contributed by atoms with Gasteiger partial charge in [0, 0.05) is 48.0 Å². The maximum Gasteiger partial charge on any atom is 0.404 e. The molecule has 0 radical (unpaired) electrons. The minimum atomic E-state index is -1.03. The van der Waals surface area contributed by atoms with Crippen molar-refractivity contribution in [1.29, 1.82) is 0 Å².